The number of nitrogens with zero attached hydrogens (tertiary/aromatic N) is 3. The quantitative estimate of drug-likeness (QED) is 0.307. The van der Waals surface area contributed by atoms with E-state index in [0.717, 1.165) is 37.7 Å². The molecule has 1 saturated carbocycles. The number of ether oxygens (including phenoxy) is 2. The van der Waals surface area contributed by atoms with Gasteiger partial charge in [0.25, 0.3) is 0 Å². The van der Waals surface area contributed by atoms with Gasteiger partial charge in [0.05, 0.1) is 24.4 Å². The van der Waals surface area contributed by atoms with E-state index < -0.39 is 41.7 Å². The van der Waals surface area contributed by atoms with Crippen molar-refractivity contribution in [2.75, 3.05) is 12.0 Å². The summed E-state index contributed by atoms with van der Waals surface area (Å²) in [7, 11) is 0.958. The van der Waals surface area contributed by atoms with Crippen molar-refractivity contribution < 1.29 is 45.4 Å². The second-order valence-corrected chi connectivity index (χ2v) is 8.51. The Balaban J connectivity index is 1.84. The number of methoxy groups -OCH3 is 1. The maximum atomic E-state index is 13.9. The number of rotatable bonds is 5. The minimum Gasteiger partial charge on any atom is -0.467 e. The van der Waals surface area contributed by atoms with Gasteiger partial charge in [-0.15, -0.1) is 13.2 Å². The van der Waals surface area contributed by atoms with Crippen molar-refractivity contribution in [3.63, 3.8) is 0 Å². The third kappa shape index (κ3) is 5.19. The van der Waals surface area contributed by atoms with Gasteiger partial charge in [-0.1, -0.05) is 12.2 Å². The molecule has 2 heterocycles. The molecule has 1 fully saturated rings. The Morgan fingerprint density at radius 2 is 1.81 bits per heavy atom. The maximum Gasteiger partial charge on any atom is 0.573 e. The lowest BCUT2D eigenvalue weighted by Crippen LogP contribution is -2.45. The number of fused-ring (bicyclic) bond motifs is 1. The zero-order valence-electron chi connectivity index (χ0n) is 18.8. The predicted molar refractivity (Wildman–Crippen MR) is 115 cm³/mol. The Kier molecular flexibility index (Phi) is 6.76. The zero-order valence-corrected chi connectivity index (χ0v) is 18.8. The predicted octanol–water partition coefficient (Wildman–Crippen LogP) is 5.23. The molecule has 2 aromatic rings. The first-order chi connectivity index (χ1) is 16.9. The second kappa shape index (κ2) is 9.51. The van der Waals surface area contributed by atoms with Crippen LogP contribution in [0.5, 0.6) is 5.75 Å². The molecule has 0 N–H and O–H groups in total. The molecule has 2 aliphatic rings. The third-order valence-corrected chi connectivity index (χ3v) is 6.21. The van der Waals surface area contributed by atoms with Gasteiger partial charge in [0.2, 0.25) is 0 Å². The molecule has 4 rings (SSSR count). The Labute approximate surface area is 200 Å². The summed E-state index contributed by atoms with van der Waals surface area (Å²) in [6, 6.07) is 0.145. The number of hydrogen-bond acceptors (Lipinski definition) is 6. The van der Waals surface area contributed by atoms with E-state index in [-0.39, 0.29) is 22.9 Å². The lowest BCUT2D eigenvalue weighted by atomic mass is 9.87. The zero-order chi connectivity index (χ0) is 26.3. The molecule has 1 atom stereocenters. The van der Waals surface area contributed by atoms with Crippen LogP contribution in [0.4, 0.5) is 32.0 Å². The number of aromatic nitrogens is 2. The van der Waals surface area contributed by atoms with E-state index in [0.29, 0.717) is 36.7 Å². The number of carbonyl (C=O) groups is 2. The largest absolute Gasteiger partial charge is 0.573 e. The lowest BCUT2D eigenvalue weighted by molar-refractivity contribution is -0.274. The summed E-state index contributed by atoms with van der Waals surface area (Å²) in [5.41, 5.74) is -1.94. The third-order valence-electron chi connectivity index (χ3n) is 6.21. The Bertz CT molecular complexity index is 1210. The van der Waals surface area contributed by atoms with Crippen LogP contribution >= 0.6 is 0 Å². The van der Waals surface area contributed by atoms with E-state index in [1.165, 1.54) is 6.20 Å². The Morgan fingerprint density at radius 1 is 1.11 bits per heavy atom. The number of aldehydes is 1. The maximum absolute atomic E-state index is 13.9. The fourth-order valence-electron chi connectivity index (χ4n) is 4.53. The van der Waals surface area contributed by atoms with Crippen LogP contribution in [0, 0.1) is 5.92 Å². The molecule has 1 aliphatic carbocycles. The molecule has 13 heteroatoms. The van der Waals surface area contributed by atoms with Crippen LogP contribution in [0.1, 0.15) is 31.7 Å². The fraction of sp³-hybridized carbons (Fsp3) is 0.435. The molecule has 1 aliphatic heterocycles. The van der Waals surface area contributed by atoms with Gasteiger partial charge in [-0.2, -0.15) is 18.3 Å². The van der Waals surface area contributed by atoms with Crippen molar-refractivity contribution in [1.82, 2.24) is 9.78 Å². The average molecular weight is 517 g/mol. The van der Waals surface area contributed by atoms with Crippen molar-refractivity contribution in [1.29, 1.82) is 0 Å². The topological polar surface area (TPSA) is 73.7 Å². The van der Waals surface area contributed by atoms with Crippen LogP contribution < -0.4 is 9.64 Å². The average Bonchev–Trinajstić information content (AvgIpc) is 3.24. The van der Waals surface area contributed by atoms with Crippen molar-refractivity contribution in [2.45, 2.75) is 50.3 Å². The minimum absolute atomic E-state index is 0.0650. The molecule has 0 radical (unpaired) electrons. The van der Waals surface area contributed by atoms with E-state index in [4.69, 9.17) is 0 Å². The summed E-state index contributed by atoms with van der Waals surface area (Å²) in [5.74, 6) is -2.13. The van der Waals surface area contributed by atoms with Gasteiger partial charge in [0.15, 0.2) is 11.8 Å². The first-order valence-corrected chi connectivity index (χ1v) is 11.0. The van der Waals surface area contributed by atoms with Crippen LogP contribution in [0.25, 0.3) is 10.9 Å². The van der Waals surface area contributed by atoms with Gasteiger partial charge in [-0.05, 0) is 37.8 Å². The smallest absolute Gasteiger partial charge is 0.467 e. The first kappa shape index (κ1) is 25.6. The number of esters is 1. The standard InChI is InChI=1S/C23H21F6N3O4/c1-35-21(34)17-3-2-4-20(22(24,25)26)32(17)18-9-14-11-31(15-7-5-13(12-33)6-8-15)30-16(14)10-19(18)36-23(27,28)29/h2-4,9-13,15,17H,5-8H2,1H3. The molecule has 1 aromatic heterocycles. The van der Waals surface area contributed by atoms with Gasteiger partial charge in [0, 0.05) is 23.6 Å². The van der Waals surface area contributed by atoms with Gasteiger partial charge in [-0.3, -0.25) is 4.68 Å². The monoisotopic (exact) mass is 517 g/mol. The number of anilines is 1. The first-order valence-electron chi connectivity index (χ1n) is 11.0. The van der Waals surface area contributed by atoms with Crippen LogP contribution in [-0.2, 0) is 14.3 Å². The van der Waals surface area contributed by atoms with Crippen molar-refractivity contribution in [3.8, 4) is 5.75 Å². The van der Waals surface area contributed by atoms with Gasteiger partial charge < -0.3 is 19.2 Å². The molecule has 194 valence electrons. The van der Waals surface area contributed by atoms with Crippen molar-refractivity contribution in [3.05, 3.63) is 42.3 Å². The highest BCUT2D eigenvalue weighted by Crippen LogP contribution is 2.44. The molecular formula is C23H21F6N3O4. The van der Waals surface area contributed by atoms with Gasteiger partial charge in [-0.25, -0.2) is 4.79 Å². The summed E-state index contributed by atoms with van der Waals surface area (Å²) in [6.45, 7) is 0. The highest BCUT2D eigenvalue weighted by molar-refractivity contribution is 5.91. The van der Waals surface area contributed by atoms with Crippen LogP contribution in [0.15, 0.2) is 42.3 Å². The highest BCUT2D eigenvalue weighted by atomic mass is 19.4. The van der Waals surface area contributed by atoms with E-state index in [1.54, 1.807) is 4.68 Å². The van der Waals surface area contributed by atoms with E-state index >= 15 is 0 Å². The van der Waals surface area contributed by atoms with Crippen molar-refractivity contribution in [2.24, 2.45) is 5.92 Å². The minimum atomic E-state index is -5.23. The van der Waals surface area contributed by atoms with E-state index in [2.05, 4.69) is 14.6 Å². The number of carbonyl (C=O) groups excluding carboxylic acids is 2. The van der Waals surface area contributed by atoms with Crippen LogP contribution in [0.3, 0.4) is 0 Å². The second-order valence-electron chi connectivity index (χ2n) is 8.51. The highest BCUT2D eigenvalue weighted by Gasteiger charge is 2.45. The molecule has 0 amide bonds. The SMILES string of the molecule is COC(=O)C1C=CC=C(C(F)(F)F)N1c1cc2cn(C3CCC(C=O)CC3)nc2cc1OC(F)(F)F. The number of halogens is 6. The number of alkyl halides is 6. The van der Waals surface area contributed by atoms with Crippen molar-refractivity contribution >= 4 is 28.8 Å². The number of hydrogen-bond donors (Lipinski definition) is 0. The normalized spacial score (nSPS) is 22.9. The number of benzene rings is 1. The fourth-order valence-corrected chi connectivity index (χ4v) is 4.53. The molecule has 1 unspecified atom stereocenters. The molecule has 1 aromatic carbocycles. The van der Waals surface area contributed by atoms with E-state index in [1.807, 2.05) is 0 Å². The Hall–Kier alpha value is -3.51. The molecule has 36 heavy (non-hydrogen) atoms. The van der Waals surface area contributed by atoms with Gasteiger partial charge in [0.1, 0.15) is 12.0 Å². The lowest BCUT2D eigenvalue weighted by Gasteiger charge is -2.35. The van der Waals surface area contributed by atoms with E-state index in [9.17, 15) is 35.9 Å². The van der Waals surface area contributed by atoms with Gasteiger partial charge >= 0.3 is 18.5 Å². The molecule has 7 nitrogen and oxygen atoms in total. The van der Waals surface area contributed by atoms with Crippen LogP contribution in [-0.4, -0.2) is 47.7 Å². The molecule has 0 bridgehead atoms. The summed E-state index contributed by atoms with van der Waals surface area (Å²) in [6.07, 6.45) is -2.65. The molecule has 0 saturated heterocycles. The summed E-state index contributed by atoms with van der Waals surface area (Å²) >= 11 is 0. The number of allylic oxidation sites excluding steroid dienone is 3. The van der Waals surface area contributed by atoms with Crippen LogP contribution in [0.2, 0.25) is 0 Å². The summed E-state index contributed by atoms with van der Waals surface area (Å²) in [4.78, 5) is 23.8. The molecule has 0 spiro atoms. The summed E-state index contributed by atoms with van der Waals surface area (Å²) in [5, 5.41) is 4.57. The summed E-state index contributed by atoms with van der Waals surface area (Å²) < 4.78 is 91.8. The molecular weight excluding hydrogens is 496 g/mol. The Morgan fingerprint density at radius 3 is 2.39 bits per heavy atom.